The van der Waals surface area contributed by atoms with E-state index in [9.17, 15) is 18.0 Å². The molecule has 38 heavy (non-hydrogen) atoms. The van der Waals surface area contributed by atoms with Crippen molar-refractivity contribution in [1.82, 2.24) is 0 Å². The van der Waals surface area contributed by atoms with E-state index in [1.54, 1.807) is 37.4 Å². The number of methoxy groups -OCH3 is 1. The molecule has 4 rings (SSSR count). The smallest absolute Gasteiger partial charge is 0.297 e. The van der Waals surface area contributed by atoms with Crippen molar-refractivity contribution in [3.63, 3.8) is 0 Å². The molecule has 0 atom stereocenters. The predicted octanol–water partition coefficient (Wildman–Crippen LogP) is 4.99. The Morgan fingerprint density at radius 2 is 1.45 bits per heavy atom. The molecular weight excluding hydrogens is 530 g/mol. The quantitative estimate of drug-likeness (QED) is 0.179. The van der Waals surface area contributed by atoms with E-state index in [1.165, 1.54) is 37.6 Å². The Morgan fingerprint density at radius 1 is 0.895 bits per heavy atom. The zero-order valence-electron chi connectivity index (χ0n) is 20.9. The third-order valence-electron chi connectivity index (χ3n) is 4.69. The first kappa shape index (κ1) is 30.2. The van der Waals surface area contributed by atoms with Gasteiger partial charge >= 0.3 is 0 Å². The molecule has 2 aromatic heterocycles. The van der Waals surface area contributed by atoms with Gasteiger partial charge in [-0.05, 0) is 67.6 Å². The molecular formula is C27H27NO8S2. The summed E-state index contributed by atoms with van der Waals surface area (Å²) in [5.74, 6) is 0.741. The van der Waals surface area contributed by atoms with Crippen LogP contribution in [0.15, 0.2) is 99.1 Å². The van der Waals surface area contributed by atoms with Crippen molar-refractivity contribution < 1.29 is 35.8 Å². The summed E-state index contributed by atoms with van der Waals surface area (Å²) < 4.78 is 42.9. The Kier molecular flexibility index (Phi) is 11.6. The van der Waals surface area contributed by atoms with Crippen LogP contribution in [-0.2, 0) is 14.3 Å². The van der Waals surface area contributed by atoms with Crippen molar-refractivity contribution in [3.05, 3.63) is 108 Å². The van der Waals surface area contributed by atoms with E-state index >= 15 is 0 Å². The van der Waals surface area contributed by atoms with Gasteiger partial charge in [0.15, 0.2) is 17.3 Å². The van der Waals surface area contributed by atoms with Gasteiger partial charge in [0.1, 0.15) is 17.3 Å². The molecule has 0 radical (unpaired) electrons. The summed E-state index contributed by atoms with van der Waals surface area (Å²) in [5, 5.41) is 0. The second-order valence-corrected chi connectivity index (χ2v) is 9.61. The molecule has 200 valence electrons. The molecule has 11 heteroatoms. The monoisotopic (exact) mass is 557 g/mol. The Hall–Kier alpha value is -4.06. The van der Waals surface area contributed by atoms with Crippen LogP contribution in [0.4, 0.5) is 0 Å². The highest BCUT2D eigenvalue weighted by molar-refractivity contribution is 7.86. The van der Waals surface area contributed by atoms with Crippen LogP contribution in [0.5, 0.6) is 5.75 Å². The van der Waals surface area contributed by atoms with E-state index in [0.717, 1.165) is 16.9 Å². The first-order valence-electron chi connectivity index (χ1n) is 11.0. The second-order valence-electron chi connectivity index (χ2n) is 7.56. The average Bonchev–Trinajstić information content (AvgIpc) is 3.64. The standard InChI is InChI=1S/C13H12O5S.C8H9NOS.C6H6O2/c1-10-4-6-11(7-5-10)19(15,16)18-9-12(14)13-3-2-8-17-13;1-10-7-4-2-6(3-5-7)8(9)11;1-5(7)6-3-2-4-8-6/h2-8H,9H2,1H3;2-5H,1H3,(H2,9,11);2-4H,1H3. The molecule has 0 bridgehead atoms. The molecule has 0 aliphatic heterocycles. The zero-order chi connectivity index (χ0) is 28.1. The van der Waals surface area contributed by atoms with Crippen molar-refractivity contribution in [2.45, 2.75) is 18.7 Å². The number of aryl methyl sites for hydroxylation is 1. The zero-order valence-corrected chi connectivity index (χ0v) is 22.6. The minimum atomic E-state index is -3.93. The molecule has 0 saturated heterocycles. The third kappa shape index (κ3) is 9.77. The fourth-order valence-electron chi connectivity index (χ4n) is 2.65. The molecule has 4 aromatic rings. The lowest BCUT2D eigenvalue weighted by Gasteiger charge is -2.04. The summed E-state index contributed by atoms with van der Waals surface area (Å²) in [6.45, 7) is 2.74. The maximum Gasteiger partial charge on any atom is 0.297 e. The molecule has 9 nitrogen and oxygen atoms in total. The van der Waals surface area contributed by atoms with E-state index in [2.05, 4.69) is 0 Å². The average molecular weight is 558 g/mol. The molecule has 2 N–H and O–H groups in total. The second kappa shape index (κ2) is 14.6. The highest BCUT2D eigenvalue weighted by atomic mass is 32.2. The van der Waals surface area contributed by atoms with Crippen LogP contribution in [0.3, 0.4) is 0 Å². The van der Waals surface area contributed by atoms with Crippen LogP contribution in [0, 0.1) is 6.92 Å². The molecule has 0 amide bonds. The number of benzene rings is 2. The number of ketones is 2. The van der Waals surface area contributed by atoms with Gasteiger partial charge in [-0.15, -0.1) is 0 Å². The lowest BCUT2D eigenvalue weighted by molar-refractivity contribution is 0.0896. The van der Waals surface area contributed by atoms with Crippen molar-refractivity contribution in [2.24, 2.45) is 5.73 Å². The van der Waals surface area contributed by atoms with E-state index < -0.39 is 22.5 Å². The Labute approximate surface area is 226 Å². The van der Waals surface area contributed by atoms with Crippen LogP contribution in [0.2, 0.25) is 0 Å². The van der Waals surface area contributed by atoms with Gasteiger partial charge in [-0.25, -0.2) is 0 Å². The Bertz CT molecular complexity index is 1410. The molecule has 0 aliphatic carbocycles. The number of hydrogen-bond acceptors (Lipinski definition) is 9. The molecule has 0 unspecified atom stereocenters. The third-order valence-corrected chi connectivity index (χ3v) is 6.21. The van der Waals surface area contributed by atoms with Crippen LogP contribution >= 0.6 is 12.2 Å². The van der Waals surface area contributed by atoms with Crippen molar-refractivity contribution in [3.8, 4) is 5.75 Å². The van der Waals surface area contributed by atoms with Gasteiger partial charge in [0.25, 0.3) is 10.1 Å². The lowest BCUT2D eigenvalue weighted by atomic mass is 10.2. The molecule has 0 spiro atoms. The number of rotatable bonds is 8. The van der Waals surface area contributed by atoms with E-state index in [0.29, 0.717) is 10.7 Å². The number of nitrogens with two attached hydrogens (primary N) is 1. The summed E-state index contributed by atoms with van der Waals surface area (Å²) >= 11 is 4.78. The van der Waals surface area contributed by atoms with Crippen molar-refractivity contribution >= 4 is 38.9 Å². The van der Waals surface area contributed by atoms with Gasteiger partial charge in [-0.3, -0.25) is 13.8 Å². The maximum atomic E-state index is 11.8. The van der Waals surface area contributed by atoms with Crippen LogP contribution in [-0.4, -0.2) is 38.7 Å². The minimum Gasteiger partial charge on any atom is -0.497 e. The maximum absolute atomic E-state index is 11.8. The molecule has 0 aliphatic rings. The van der Waals surface area contributed by atoms with Gasteiger partial charge < -0.3 is 19.3 Å². The van der Waals surface area contributed by atoms with Crippen molar-refractivity contribution in [2.75, 3.05) is 13.7 Å². The van der Waals surface area contributed by atoms with E-state index in [1.807, 2.05) is 31.2 Å². The number of carbonyl (C=O) groups is 2. The van der Waals surface area contributed by atoms with Gasteiger partial charge in [-0.1, -0.05) is 29.9 Å². The number of furan rings is 2. The fraction of sp³-hybridized carbons (Fsp3) is 0.148. The lowest BCUT2D eigenvalue weighted by Crippen LogP contribution is -2.14. The SMILES string of the molecule is CC(=O)c1ccco1.COc1ccc(C(N)=S)cc1.Cc1ccc(S(=O)(=O)OCC(=O)c2ccco2)cc1. The van der Waals surface area contributed by atoms with Gasteiger partial charge in [0.2, 0.25) is 5.78 Å². The molecule has 0 saturated carbocycles. The number of thiocarbonyl (C=S) groups is 1. The summed E-state index contributed by atoms with van der Waals surface area (Å²) in [7, 11) is -2.30. The van der Waals surface area contributed by atoms with E-state index in [4.69, 9.17) is 35.7 Å². The number of Topliss-reactive ketones (excluding diaryl/α,β-unsaturated/α-hetero) is 2. The van der Waals surface area contributed by atoms with Crippen molar-refractivity contribution in [1.29, 1.82) is 0 Å². The van der Waals surface area contributed by atoms with Crippen LogP contribution < -0.4 is 10.5 Å². The van der Waals surface area contributed by atoms with E-state index in [-0.39, 0.29) is 16.4 Å². The molecule has 2 aromatic carbocycles. The number of ether oxygens (including phenoxy) is 1. The number of hydrogen-bond donors (Lipinski definition) is 1. The predicted molar refractivity (Wildman–Crippen MR) is 145 cm³/mol. The Morgan fingerprint density at radius 3 is 1.87 bits per heavy atom. The summed E-state index contributed by atoms with van der Waals surface area (Å²) in [4.78, 5) is 22.4. The first-order valence-corrected chi connectivity index (χ1v) is 12.9. The number of carbonyl (C=O) groups excluding carboxylic acids is 2. The van der Waals surface area contributed by atoms with Crippen LogP contribution in [0.1, 0.15) is 39.2 Å². The first-order chi connectivity index (χ1) is 18.0. The topological polar surface area (TPSA) is 139 Å². The fourth-order valence-corrected chi connectivity index (χ4v) is 3.65. The summed E-state index contributed by atoms with van der Waals surface area (Å²) in [5.41, 5.74) is 7.19. The molecule has 0 fully saturated rings. The van der Waals surface area contributed by atoms with Gasteiger partial charge in [-0.2, -0.15) is 8.42 Å². The van der Waals surface area contributed by atoms with Gasteiger partial charge in [0.05, 0.1) is 24.5 Å². The molecule has 2 heterocycles. The van der Waals surface area contributed by atoms with Gasteiger partial charge in [0, 0.05) is 12.5 Å². The minimum absolute atomic E-state index is 0.0188. The largest absolute Gasteiger partial charge is 0.497 e. The highest BCUT2D eigenvalue weighted by Crippen LogP contribution is 2.14. The normalized spacial score (nSPS) is 10.3. The Balaban J connectivity index is 0.000000224. The summed E-state index contributed by atoms with van der Waals surface area (Å²) in [6, 6.07) is 19.8. The van der Waals surface area contributed by atoms with Crippen LogP contribution in [0.25, 0.3) is 0 Å². The highest BCUT2D eigenvalue weighted by Gasteiger charge is 2.18. The summed E-state index contributed by atoms with van der Waals surface area (Å²) in [6.07, 6.45) is 2.82.